The highest BCUT2D eigenvalue weighted by atomic mass is 15.1. The first kappa shape index (κ1) is 15.2. The number of para-hydroxylation sites is 1. The molecule has 2 heterocycles. The molecule has 2 aromatic heterocycles. The molecular formula is C21H23N3. The number of likely N-dealkylation sites (N-methyl/N-ethyl adjacent to an activating group) is 1. The molecule has 0 saturated carbocycles. The molecule has 24 heavy (non-hydrogen) atoms. The van der Waals surface area contributed by atoms with Gasteiger partial charge in [-0.15, -0.1) is 0 Å². The summed E-state index contributed by atoms with van der Waals surface area (Å²) in [4.78, 5) is 6.60. The average molecular weight is 317 g/mol. The molecule has 0 saturated heterocycles. The molecule has 4 aromatic rings. The van der Waals surface area contributed by atoms with Crippen LogP contribution >= 0.6 is 0 Å². The molecule has 0 radical (unpaired) electrons. The van der Waals surface area contributed by atoms with Crippen LogP contribution < -0.4 is 0 Å². The lowest BCUT2D eigenvalue weighted by Crippen LogP contribution is -2.18. The van der Waals surface area contributed by atoms with Gasteiger partial charge in [0.25, 0.3) is 0 Å². The third-order valence-corrected chi connectivity index (χ3v) is 5.10. The summed E-state index contributed by atoms with van der Waals surface area (Å²) in [6.07, 6.45) is 3.90. The number of benzene rings is 2. The van der Waals surface area contributed by atoms with E-state index in [1.807, 2.05) is 12.4 Å². The Labute approximate surface area is 142 Å². The van der Waals surface area contributed by atoms with Crippen LogP contribution in [0.1, 0.15) is 11.1 Å². The number of pyridine rings is 1. The van der Waals surface area contributed by atoms with Gasteiger partial charge in [0.05, 0.1) is 5.52 Å². The Morgan fingerprint density at radius 1 is 0.958 bits per heavy atom. The lowest BCUT2D eigenvalue weighted by molar-refractivity contribution is 0.389. The fourth-order valence-corrected chi connectivity index (χ4v) is 3.89. The Bertz CT molecular complexity index is 1060. The predicted molar refractivity (Wildman–Crippen MR) is 103 cm³/mol. The maximum absolute atomic E-state index is 4.35. The third-order valence-electron chi connectivity index (χ3n) is 5.10. The fourth-order valence-electron chi connectivity index (χ4n) is 3.89. The second-order valence-corrected chi connectivity index (χ2v) is 6.87. The molecule has 0 aliphatic rings. The lowest BCUT2D eigenvalue weighted by atomic mass is 9.97. The van der Waals surface area contributed by atoms with E-state index in [2.05, 4.69) is 72.7 Å². The monoisotopic (exact) mass is 317 g/mol. The number of fused-ring (bicyclic) bond motifs is 4. The summed E-state index contributed by atoms with van der Waals surface area (Å²) in [7, 11) is 4.26. The van der Waals surface area contributed by atoms with Crippen LogP contribution in [0.2, 0.25) is 0 Å². The Balaban J connectivity index is 2.19. The number of hydrogen-bond donors (Lipinski definition) is 0. The molecule has 0 N–H and O–H groups in total. The maximum Gasteiger partial charge on any atom is 0.0530 e. The van der Waals surface area contributed by atoms with E-state index in [0.29, 0.717) is 0 Å². The summed E-state index contributed by atoms with van der Waals surface area (Å²) in [6, 6.07) is 10.9. The Morgan fingerprint density at radius 3 is 2.54 bits per heavy atom. The quantitative estimate of drug-likeness (QED) is 0.554. The average Bonchev–Trinajstić information content (AvgIpc) is 2.93. The predicted octanol–water partition coefficient (Wildman–Crippen LogP) is 4.52. The van der Waals surface area contributed by atoms with Crippen LogP contribution in [0, 0.1) is 13.8 Å². The molecule has 0 amide bonds. The molecular weight excluding hydrogens is 294 g/mol. The summed E-state index contributed by atoms with van der Waals surface area (Å²) in [6.45, 7) is 6.50. The van der Waals surface area contributed by atoms with E-state index in [1.165, 1.54) is 43.7 Å². The Morgan fingerprint density at radius 2 is 1.75 bits per heavy atom. The summed E-state index contributed by atoms with van der Waals surface area (Å²) in [5.74, 6) is 0. The molecule has 0 bridgehead atoms. The van der Waals surface area contributed by atoms with Gasteiger partial charge in [-0.25, -0.2) is 0 Å². The molecule has 122 valence electrons. The molecule has 2 aromatic carbocycles. The van der Waals surface area contributed by atoms with Gasteiger partial charge in [0.15, 0.2) is 0 Å². The number of aromatic nitrogens is 2. The molecule has 3 heteroatoms. The maximum atomic E-state index is 4.35. The van der Waals surface area contributed by atoms with Crippen molar-refractivity contribution in [3.63, 3.8) is 0 Å². The highest BCUT2D eigenvalue weighted by Crippen LogP contribution is 2.38. The van der Waals surface area contributed by atoms with E-state index in [1.54, 1.807) is 0 Å². The SMILES string of the molecule is Cc1c2cnccc2c(C)c2c1c1ccccc1n2CCN(C)C. The third kappa shape index (κ3) is 2.12. The highest BCUT2D eigenvalue weighted by Gasteiger charge is 2.17. The first-order chi connectivity index (χ1) is 11.6. The van der Waals surface area contributed by atoms with Crippen molar-refractivity contribution in [3.8, 4) is 0 Å². The number of nitrogens with zero attached hydrogens (tertiary/aromatic N) is 3. The van der Waals surface area contributed by atoms with Crippen molar-refractivity contribution in [2.45, 2.75) is 20.4 Å². The van der Waals surface area contributed by atoms with Gasteiger partial charge in [-0.1, -0.05) is 18.2 Å². The molecule has 0 fully saturated rings. The Kier molecular flexibility index (Phi) is 3.54. The van der Waals surface area contributed by atoms with Gasteiger partial charge in [0.1, 0.15) is 0 Å². The van der Waals surface area contributed by atoms with Crippen LogP contribution in [0.15, 0.2) is 42.7 Å². The summed E-state index contributed by atoms with van der Waals surface area (Å²) < 4.78 is 2.49. The molecule has 4 rings (SSSR count). The second kappa shape index (κ2) is 5.60. The zero-order valence-corrected chi connectivity index (χ0v) is 14.8. The van der Waals surface area contributed by atoms with Crippen molar-refractivity contribution in [1.82, 2.24) is 14.5 Å². The van der Waals surface area contributed by atoms with Crippen molar-refractivity contribution in [2.24, 2.45) is 0 Å². The smallest absolute Gasteiger partial charge is 0.0530 e. The molecule has 0 unspecified atom stereocenters. The number of hydrogen-bond acceptors (Lipinski definition) is 2. The number of rotatable bonds is 3. The first-order valence-electron chi connectivity index (χ1n) is 8.48. The van der Waals surface area contributed by atoms with Crippen molar-refractivity contribution >= 4 is 32.6 Å². The van der Waals surface area contributed by atoms with E-state index in [-0.39, 0.29) is 0 Å². The van der Waals surface area contributed by atoms with E-state index >= 15 is 0 Å². The van der Waals surface area contributed by atoms with Crippen LogP contribution in [0.3, 0.4) is 0 Å². The minimum Gasteiger partial charge on any atom is -0.339 e. The van der Waals surface area contributed by atoms with Crippen molar-refractivity contribution < 1.29 is 0 Å². The van der Waals surface area contributed by atoms with Gasteiger partial charge in [-0.2, -0.15) is 0 Å². The normalized spacial score (nSPS) is 12.0. The van der Waals surface area contributed by atoms with Gasteiger partial charge >= 0.3 is 0 Å². The minimum atomic E-state index is 0.994. The standard InChI is InChI=1S/C21H23N3/c1-14-18-13-22-10-9-16(18)15(2)21-20(14)17-7-5-6-8-19(17)24(21)12-11-23(3)4/h5-10,13H,11-12H2,1-4H3. The van der Waals surface area contributed by atoms with Crippen LogP contribution in [0.4, 0.5) is 0 Å². The molecule has 0 spiro atoms. The first-order valence-corrected chi connectivity index (χ1v) is 8.48. The van der Waals surface area contributed by atoms with Crippen molar-refractivity contribution in [1.29, 1.82) is 0 Å². The molecule has 0 atom stereocenters. The number of aryl methyl sites for hydroxylation is 2. The van der Waals surface area contributed by atoms with Crippen LogP contribution in [-0.4, -0.2) is 35.1 Å². The topological polar surface area (TPSA) is 21.1 Å². The molecule has 3 nitrogen and oxygen atoms in total. The van der Waals surface area contributed by atoms with E-state index < -0.39 is 0 Å². The van der Waals surface area contributed by atoms with Gasteiger partial charge in [0, 0.05) is 47.2 Å². The van der Waals surface area contributed by atoms with Crippen LogP contribution in [-0.2, 0) is 6.54 Å². The zero-order chi connectivity index (χ0) is 16.8. The van der Waals surface area contributed by atoms with Gasteiger partial charge in [-0.05, 0) is 56.6 Å². The minimum absolute atomic E-state index is 0.994. The van der Waals surface area contributed by atoms with Crippen molar-refractivity contribution in [3.05, 3.63) is 53.9 Å². The largest absolute Gasteiger partial charge is 0.339 e. The van der Waals surface area contributed by atoms with E-state index in [0.717, 1.165) is 13.1 Å². The molecule has 0 aliphatic carbocycles. The molecule has 0 aliphatic heterocycles. The lowest BCUT2D eigenvalue weighted by Gasteiger charge is -2.15. The van der Waals surface area contributed by atoms with Crippen molar-refractivity contribution in [2.75, 3.05) is 20.6 Å². The van der Waals surface area contributed by atoms with Gasteiger partial charge in [-0.3, -0.25) is 4.98 Å². The second-order valence-electron chi connectivity index (χ2n) is 6.87. The van der Waals surface area contributed by atoms with E-state index in [4.69, 9.17) is 0 Å². The summed E-state index contributed by atoms with van der Waals surface area (Å²) in [5.41, 5.74) is 5.37. The van der Waals surface area contributed by atoms with Crippen LogP contribution in [0.25, 0.3) is 32.6 Å². The summed E-state index contributed by atoms with van der Waals surface area (Å²) >= 11 is 0. The van der Waals surface area contributed by atoms with E-state index in [9.17, 15) is 0 Å². The Hall–Kier alpha value is -2.39. The van der Waals surface area contributed by atoms with Gasteiger partial charge < -0.3 is 9.47 Å². The zero-order valence-electron chi connectivity index (χ0n) is 14.8. The van der Waals surface area contributed by atoms with Crippen LogP contribution in [0.5, 0.6) is 0 Å². The summed E-state index contributed by atoms with van der Waals surface area (Å²) in [5, 5.41) is 5.29. The fraction of sp³-hybridized carbons (Fsp3) is 0.286. The highest BCUT2D eigenvalue weighted by molar-refractivity contribution is 6.16. The van der Waals surface area contributed by atoms with Gasteiger partial charge in [0.2, 0.25) is 0 Å².